The summed E-state index contributed by atoms with van der Waals surface area (Å²) in [6, 6.07) is 6.88. The number of hydrogen-bond acceptors (Lipinski definition) is 3. The number of piperidine rings is 1. The van der Waals surface area contributed by atoms with Gasteiger partial charge in [-0.1, -0.05) is 0 Å². The Balaban J connectivity index is 1.94. The highest BCUT2D eigenvalue weighted by Gasteiger charge is 2.19. The third-order valence-electron chi connectivity index (χ3n) is 3.55. The Morgan fingerprint density at radius 2 is 1.86 bits per heavy atom. The summed E-state index contributed by atoms with van der Waals surface area (Å²) in [4.78, 5) is 36.8. The van der Waals surface area contributed by atoms with Crippen molar-refractivity contribution in [1.29, 1.82) is 0 Å². The first-order chi connectivity index (χ1) is 10.6. The van der Waals surface area contributed by atoms with E-state index in [0.29, 0.717) is 18.5 Å². The van der Waals surface area contributed by atoms with Crippen LogP contribution >= 0.6 is 0 Å². The van der Waals surface area contributed by atoms with Crippen molar-refractivity contribution in [3.05, 3.63) is 29.8 Å². The minimum Gasteiger partial charge on any atom is -0.355 e. The van der Waals surface area contributed by atoms with Crippen LogP contribution in [0.1, 0.15) is 36.5 Å². The Morgan fingerprint density at radius 1 is 1.14 bits per heavy atom. The molecule has 1 aliphatic heterocycles. The monoisotopic (exact) mass is 303 g/mol. The molecular formula is C16H21N3O3. The lowest BCUT2D eigenvalue weighted by Crippen LogP contribution is -2.37. The van der Waals surface area contributed by atoms with Crippen LogP contribution in [0.15, 0.2) is 24.3 Å². The summed E-state index contributed by atoms with van der Waals surface area (Å²) in [6.45, 7) is 3.04. The molecule has 0 aromatic heterocycles. The van der Waals surface area contributed by atoms with Crippen LogP contribution < -0.4 is 15.5 Å². The van der Waals surface area contributed by atoms with Crippen LogP contribution in [0.25, 0.3) is 0 Å². The van der Waals surface area contributed by atoms with E-state index in [1.165, 1.54) is 0 Å². The van der Waals surface area contributed by atoms with Gasteiger partial charge in [0.25, 0.3) is 5.91 Å². The highest BCUT2D eigenvalue weighted by atomic mass is 16.2. The van der Waals surface area contributed by atoms with Crippen LogP contribution in [0.4, 0.5) is 5.69 Å². The molecular weight excluding hydrogens is 282 g/mol. The minimum atomic E-state index is -0.303. The smallest absolute Gasteiger partial charge is 0.251 e. The van der Waals surface area contributed by atoms with Crippen molar-refractivity contribution in [1.82, 2.24) is 10.6 Å². The van der Waals surface area contributed by atoms with E-state index in [4.69, 9.17) is 0 Å². The van der Waals surface area contributed by atoms with E-state index in [2.05, 4.69) is 10.6 Å². The number of carbonyl (C=O) groups excluding carboxylic acids is 3. The molecule has 0 bridgehead atoms. The zero-order valence-corrected chi connectivity index (χ0v) is 12.7. The molecule has 0 saturated carbocycles. The fourth-order valence-corrected chi connectivity index (χ4v) is 2.39. The molecule has 0 radical (unpaired) electrons. The Bertz CT molecular complexity index is 554. The summed E-state index contributed by atoms with van der Waals surface area (Å²) in [6.07, 6.45) is 2.52. The topological polar surface area (TPSA) is 78.5 Å². The first kappa shape index (κ1) is 16.0. The molecule has 2 rings (SSSR count). The highest BCUT2D eigenvalue weighted by molar-refractivity contribution is 5.98. The standard InChI is InChI=1S/C16H21N3O3/c1-2-17-14(20)11-18-16(22)12-6-8-13(9-7-12)19-10-4-3-5-15(19)21/h6-9H,2-5,10-11H2,1H3,(H,17,20)(H,18,22). The van der Waals surface area contributed by atoms with E-state index in [1.54, 1.807) is 29.2 Å². The Morgan fingerprint density at radius 3 is 2.50 bits per heavy atom. The Hall–Kier alpha value is -2.37. The summed E-state index contributed by atoms with van der Waals surface area (Å²) in [5.41, 5.74) is 1.28. The van der Waals surface area contributed by atoms with E-state index < -0.39 is 0 Å². The third kappa shape index (κ3) is 4.07. The number of hydrogen-bond donors (Lipinski definition) is 2. The lowest BCUT2D eigenvalue weighted by molar-refractivity contribution is -0.120. The number of carbonyl (C=O) groups is 3. The van der Waals surface area contributed by atoms with Crippen LogP contribution in [0.3, 0.4) is 0 Å². The maximum absolute atomic E-state index is 11.9. The average molecular weight is 303 g/mol. The van der Waals surface area contributed by atoms with Gasteiger partial charge in [0.15, 0.2) is 0 Å². The summed E-state index contributed by atoms with van der Waals surface area (Å²) in [5.74, 6) is -0.395. The summed E-state index contributed by atoms with van der Waals surface area (Å²) in [7, 11) is 0. The van der Waals surface area contributed by atoms with E-state index in [9.17, 15) is 14.4 Å². The van der Waals surface area contributed by atoms with Crippen LogP contribution in [-0.2, 0) is 9.59 Å². The number of nitrogens with zero attached hydrogens (tertiary/aromatic N) is 1. The van der Waals surface area contributed by atoms with Gasteiger partial charge < -0.3 is 15.5 Å². The van der Waals surface area contributed by atoms with Crippen molar-refractivity contribution in [2.45, 2.75) is 26.2 Å². The van der Waals surface area contributed by atoms with Crippen molar-refractivity contribution >= 4 is 23.4 Å². The van der Waals surface area contributed by atoms with Gasteiger partial charge in [0.05, 0.1) is 6.54 Å². The molecule has 0 unspecified atom stereocenters. The van der Waals surface area contributed by atoms with Crippen molar-refractivity contribution in [3.63, 3.8) is 0 Å². The SMILES string of the molecule is CCNC(=O)CNC(=O)c1ccc(N2CCCCC2=O)cc1. The number of benzene rings is 1. The van der Waals surface area contributed by atoms with Crippen LogP contribution in [-0.4, -0.2) is 37.4 Å². The molecule has 3 amide bonds. The number of anilines is 1. The largest absolute Gasteiger partial charge is 0.355 e. The quantitative estimate of drug-likeness (QED) is 0.854. The molecule has 6 nitrogen and oxygen atoms in total. The van der Waals surface area contributed by atoms with Crippen molar-refractivity contribution in [3.8, 4) is 0 Å². The second-order valence-electron chi connectivity index (χ2n) is 5.19. The number of rotatable bonds is 5. The summed E-state index contributed by atoms with van der Waals surface area (Å²) >= 11 is 0. The predicted octanol–water partition coefficient (Wildman–Crippen LogP) is 1.07. The molecule has 6 heteroatoms. The first-order valence-corrected chi connectivity index (χ1v) is 7.57. The second-order valence-corrected chi connectivity index (χ2v) is 5.19. The van der Waals surface area contributed by atoms with Crippen molar-refractivity contribution < 1.29 is 14.4 Å². The number of likely N-dealkylation sites (N-methyl/N-ethyl adjacent to an activating group) is 1. The van der Waals surface area contributed by atoms with Gasteiger partial charge in [-0.05, 0) is 44.0 Å². The van der Waals surface area contributed by atoms with E-state index in [-0.39, 0.29) is 24.3 Å². The molecule has 1 aliphatic rings. The van der Waals surface area contributed by atoms with Gasteiger partial charge >= 0.3 is 0 Å². The molecule has 118 valence electrons. The van der Waals surface area contributed by atoms with Gasteiger partial charge in [-0.25, -0.2) is 0 Å². The van der Waals surface area contributed by atoms with Crippen LogP contribution in [0.2, 0.25) is 0 Å². The van der Waals surface area contributed by atoms with E-state index in [1.807, 2.05) is 6.92 Å². The normalized spacial score (nSPS) is 14.6. The molecule has 1 aromatic rings. The fourth-order valence-electron chi connectivity index (χ4n) is 2.39. The molecule has 0 aliphatic carbocycles. The van der Waals surface area contributed by atoms with Gasteiger partial charge in [0, 0.05) is 30.8 Å². The molecule has 1 heterocycles. The molecule has 0 atom stereocenters. The van der Waals surface area contributed by atoms with Gasteiger partial charge in [-0.15, -0.1) is 0 Å². The zero-order valence-electron chi connectivity index (χ0n) is 12.7. The third-order valence-corrected chi connectivity index (χ3v) is 3.55. The Kier molecular flexibility index (Phi) is 5.52. The molecule has 0 spiro atoms. The average Bonchev–Trinajstić information content (AvgIpc) is 2.53. The van der Waals surface area contributed by atoms with Gasteiger partial charge in [0.1, 0.15) is 0 Å². The highest BCUT2D eigenvalue weighted by Crippen LogP contribution is 2.21. The van der Waals surface area contributed by atoms with Gasteiger partial charge in [0.2, 0.25) is 11.8 Å². The molecule has 1 aromatic carbocycles. The maximum atomic E-state index is 11.9. The number of nitrogens with one attached hydrogen (secondary N) is 2. The van der Waals surface area contributed by atoms with Crippen LogP contribution in [0.5, 0.6) is 0 Å². The Labute approximate surface area is 129 Å². The van der Waals surface area contributed by atoms with Crippen molar-refractivity contribution in [2.75, 3.05) is 24.5 Å². The molecule has 22 heavy (non-hydrogen) atoms. The number of amides is 3. The molecule has 2 N–H and O–H groups in total. The zero-order chi connectivity index (χ0) is 15.9. The lowest BCUT2D eigenvalue weighted by atomic mass is 10.1. The maximum Gasteiger partial charge on any atom is 0.251 e. The summed E-state index contributed by atoms with van der Waals surface area (Å²) < 4.78 is 0. The second kappa shape index (κ2) is 7.59. The first-order valence-electron chi connectivity index (χ1n) is 7.57. The molecule has 1 fully saturated rings. The molecule has 1 saturated heterocycles. The van der Waals surface area contributed by atoms with Gasteiger partial charge in [-0.3, -0.25) is 14.4 Å². The lowest BCUT2D eigenvalue weighted by Gasteiger charge is -2.26. The van der Waals surface area contributed by atoms with E-state index >= 15 is 0 Å². The predicted molar refractivity (Wildman–Crippen MR) is 83.7 cm³/mol. The van der Waals surface area contributed by atoms with Gasteiger partial charge in [-0.2, -0.15) is 0 Å². The minimum absolute atomic E-state index is 0.0426. The fraction of sp³-hybridized carbons (Fsp3) is 0.438. The van der Waals surface area contributed by atoms with Crippen LogP contribution in [0, 0.1) is 0 Å². The summed E-state index contributed by atoms with van der Waals surface area (Å²) in [5, 5.41) is 5.17. The van der Waals surface area contributed by atoms with Crippen molar-refractivity contribution in [2.24, 2.45) is 0 Å². The van der Waals surface area contributed by atoms with E-state index in [0.717, 1.165) is 25.1 Å².